The zero-order chi connectivity index (χ0) is 11.1. The first-order chi connectivity index (χ1) is 7.22. The van der Waals surface area contributed by atoms with Crippen molar-refractivity contribution in [3.63, 3.8) is 0 Å². The molecule has 1 unspecified atom stereocenters. The van der Waals surface area contributed by atoms with Crippen molar-refractivity contribution in [2.75, 3.05) is 13.7 Å². The van der Waals surface area contributed by atoms with Gasteiger partial charge in [-0.3, -0.25) is 0 Å². The fourth-order valence-corrected chi connectivity index (χ4v) is 1.25. The Morgan fingerprint density at radius 1 is 1.60 bits per heavy atom. The molecule has 2 N–H and O–H groups in total. The van der Waals surface area contributed by atoms with Gasteiger partial charge in [-0.2, -0.15) is 0 Å². The summed E-state index contributed by atoms with van der Waals surface area (Å²) in [5.41, 5.74) is 0.869. The number of ether oxygens (including phenoxy) is 1. The Balaban J connectivity index is 2.54. The van der Waals surface area contributed by atoms with E-state index in [9.17, 15) is 4.79 Å². The van der Waals surface area contributed by atoms with Crippen LogP contribution in [0.3, 0.4) is 0 Å². The van der Waals surface area contributed by atoms with E-state index in [2.05, 4.69) is 15.3 Å². The fourth-order valence-electron chi connectivity index (χ4n) is 1.25. The lowest BCUT2D eigenvalue weighted by Crippen LogP contribution is -2.38. The van der Waals surface area contributed by atoms with Gasteiger partial charge in [0.05, 0.1) is 12.6 Å². The number of hydrogen-bond acceptors (Lipinski definition) is 4. The summed E-state index contributed by atoms with van der Waals surface area (Å²) in [4.78, 5) is 18.2. The van der Waals surface area contributed by atoms with E-state index in [4.69, 9.17) is 9.84 Å². The summed E-state index contributed by atoms with van der Waals surface area (Å²) in [6, 6.07) is -0.279. The van der Waals surface area contributed by atoms with Gasteiger partial charge in [-0.05, 0) is 12.0 Å². The molecule has 0 aromatic carbocycles. The Hall–Kier alpha value is -1.69. The fraction of sp³-hybridized carbons (Fsp3) is 0.444. The van der Waals surface area contributed by atoms with E-state index >= 15 is 0 Å². The van der Waals surface area contributed by atoms with Crippen LogP contribution in [0.1, 0.15) is 5.56 Å². The zero-order valence-electron chi connectivity index (χ0n) is 8.38. The number of rotatable bonds is 5. The lowest BCUT2D eigenvalue weighted by molar-refractivity contribution is 0.151. The van der Waals surface area contributed by atoms with E-state index in [-0.39, 0.29) is 6.04 Å². The molecule has 0 radical (unpaired) electrons. The normalized spacial score (nSPS) is 12.1. The minimum Gasteiger partial charge on any atom is -0.465 e. The molecular weight excluding hydrogens is 198 g/mol. The molecule has 82 valence electrons. The van der Waals surface area contributed by atoms with Crippen LogP contribution in [0.5, 0.6) is 0 Å². The van der Waals surface area contributed by atoms with Gasteiger partial charge in [-0.1, -0.05) is 0 Å². The van der Waals surface area contributed by atoms with Crippen molar-refractivity contribution in [1.29, 1.82) is 0 Å². The van der Waals surface area contributed by atoms with Crippen molar-refractivity contribution in [3.8, 4) is 0 Å². The van der Waals surface area contributed by atoms with Crippen LogP contribution in [0.25, 0.3) is 0 Å². The van der Waals surface area contributed by atoms with Crippen LogP contribution in [0.15, 0.2) is 18.7 Å². The van der Waals surface area contributed by atoms with Crippen LogP contribution >= 0.6 is 0 Å². The second-order valence-electron chi connectivity index (χ2n) is 3.05. The van der Waals surface area contributed by atoms with Gasteiger partial charge in [0.15, 0.2) is 0 Å². The van der Waals surface area contributed by atoms with Crippen molar-refractivity contribution in [3.05, 3.63) is 24.3 Å². The lowest BCUT2D eigenvalue weighted by atomic mass is 10.1. The molecule has 6 heteroatoms. The first-order valence-corrected chi connectivity index (χ1v) is 4.44. The van der Waals surface area contributed by atoms with Crippen LogP contribution in [-0.4, -0.2) is 40.9 Å². The minimum absolute atomic E-state index is 0.279. The highest BCUT2D eigenvalue weighted by molar-refractivity contribution is 5.64. The Morgan fingerprint density at radius 3 is 2.80 bits per heavy atom. The van der Waals surface area contributed by atoms with Gasteiger partial charge in [0, 0.05) is 19.5 Å². The lowest BCUT2D eigenvalue weighted by Gasteiger charge is -2.15. The third kappa shape index (κ3) is 4.37. The highest BCUT2D eigenvalue weighted by atomic mass is 16.5. The molecule has 0 aliphatic carbocycles. The molecular formula is C9H13N3O3. The van der Waals surface area contributed by atoms with Crippen LogP contribution in [-0.2, 0) is 11.2 Å². The number of aromatic nitrogens is 2. The van der Waals surface area contributed by atoms with E-state index in [0.29, 0.717) is 13.0 Å². The highest BCUT2D eigenvalue weighted by Gasteiger charge is 2.11. The highest BCUT2D eigenvalue weighted by Crippen LogP contribution is 2.00. The van der Waals surface area contributed by atoms with Crippen LogP contribution < -0.4 is 5.32 Å². The first kappa shape index (κ1) is 11.4. The quantitative estimate of drug-likeness (QED) is 0.731. The molecule has 1 atom stereocenters. The molecule has 1 heterocycles. The van der Waals surface area contributed by atoms with E-state index in [1.165, 1.54) is 13.4 Å². The van der Waals surface area contributed by atoms with Gasteiger partial charge in [-0.15, -0.1) is 0 Å². The summed E-state index contributed by atoms with van der Waals surface area (Å²) in [5, 5.41) is 11.0. The van der Waals surface area contributed by atoms with Gasteiger partial charge in [0.2, 0.25) is 0 Å². The van der Waals surface area contributed by atoms with E-state index in [0.717, 1.165) is 5.56 Å². The molecule has 1 rings (SSSR count). The van der Waals surface area contributed by atoms with Crippen molar-refractivity contribution in [2.45, 2.75) is 12.5 Å². The maximum atomic E-state index is 10.5. The summed E-state index contributed by atoms with van der Waals surface area (Å²) >= 11 is 0. The maximum absolute atomic E-state index is 10.5. The van der Waals surface area contributed by atoms with Crippen molar-refractivity contribution in [2.24, 2.45) is 0 Å². The number of amides is 1. The summed E-state index contributed by atoms with van der Waals surface area (Å²) < 4.78 is 4.91. The summed E-state index contributed by atoms with van der Waals surface area (Å²) in [6.45, 7) is 0.321. The number of carbonyl (C=O) groups is 1. The molecule has 15 heavy (non-hydrogen) atoms. The largest absolute Gasteiger partial charge is 0.465 e. The van der Waals surface area contributed by atoms with Crippen molar-refractivity contribution >= 4 is 6.09 Å². The molecule has 1 aromatic rings. The van der Waals surface area contributed by atoms with E-state index in [1.807, 2.05) is 0 Å². The van der Waals surface area contributed by atoms with Gasteiger partial charge >= 0.3 is 6.09 Å². The van der Waals surface area contributed by atoms with Crippen LogP contribution in [0.4, 0.5) is 4.79 Å². The molecule has 6 nitrogen and oxygen atoms in total. The third-order valence-corrected chi connectivity index (χ3v) is 1.79. The average molecular weight is 211 g/mol. The average Bonchev–Trinajstić information content (AvgIpc) is 2.18. The molecule has 0 bridgehead atoms. The van der Waals surface area contributed by atoms with Gasteiger partial charge in [-0.25, -0.2) is 14.8 Å². The molecule has 0 saturated heterocycles. The summed E-state index contributed by atoms with van der Waals surface area (Å²) in [7, 11) is 1.53. The van der Waals surface area contributed by atoms with Crippen LogP contribution in [0.2, 0.25) is 0 Å². The van der Waals surface area contributed by atoms with Crippen molar-refractivity contribution < 1.29 is 14.6 Å². The number of nitrogens with one attached hydrogen (secondary N) is 1. The smallest absolute Gasteiger partial charge is 0.404 e. The second-order valence-corrected chi connectivity index (χ2v) is 3.05. The summed E-state index contributed by atoms with van der Waals surface area (Å²) in [6.07, 6.45) is 4.19. The monoisotopic (exact) mass is 211 g/mol. The Kier molecular flexibility index (Phi) is 4.49. The third-order valence-electron chi connectivity index (χ3n) is 1.79. The molecule has 1 aromatic heterocycles. The van der Waals surface area contributed by atoms with Gasteiger partial charge in [0.1, 0.15) is 6.33 Å². The van der Waals surface area contributed by atoms with E-state index in [1.54, 1.807) is 12.4 Å². The molecule has 0 spiro atoms. The predicted octanol–water partition coefficient (Wildman–Crippen LogP) is 0.302. The molecule has 0 aliphatic heterocycles. The molecule has 0 saturated carbocycles. The SMILES string of the molecule is COCC(Cc1cncnc1)NC(=O)O. The predicted molar refractivity (Wildman–Crippen MR) is 52.6 cm³/mol. The second kappa shape index (κ2) is 5.92. The number of methoxy groups -OCH3 is 1. The Morgan fingerprint density at radius 2 is 2.27 bits per heavy atom. The standard InChI is InChI=1S/C9H13N3O3/c1-15-5-8(12-9(13)14)2-7-3-10-6-11-4-7/h3-4,6,8,12H,2,5H2,1H3,(H,13,14). The number of hydrogen-bond donors (Lipinski definition) is 2. The Labute approximate surface area is 87.3 Å². The first-order valence-electron chi connectivity index (χ1n) is 4.44. The molecule has 1 amide bonds. The molecule has 0 fully saturated rings. The number of carboxylic acid groups (broad SMARTS) is 1. The van der Waals surface area contributed by atoms with Gasteiger partial charge in [0.25, 0.3) is 0 Å². The van der Waals surface area contributed by atoms with E-state index < -0.39 is 6.09 Å². The number of nitrogens with zero attached hydrogens (tertiary/aromatic N) is 2. The van der Waals surface area contributed by atoms with Crippen LogP contribution in [0, 0.1) is 0 Å². The van der Waals surface area contributed by atoms with Crippen molar-refractivity contribution in [1.82, 2.24) is 15.3 Å². The molecule has 0 aliphatic rings. The Bertz CT molecular complexity index is 305. The van der Waals surface area contributed by atoms with Gasteiger partial charge < -0.3 is 15.2 Å². The topological polar surface area (TPSA) is 84.3 Å². The zero-order valence-corrected chi connectivity index (χ0v) is 8.38. The minimum atomic E-state index is -1.06. The summed E-state index contributed by atoms with van der Waals surface area (Å²) in [5.74, 6) is 0. The maximum Gasteiger partial charge on any atom is 0.404 e.